The molecule has 2 bridgehead atoms. The highest BCUT2D eigenvalue weighted by atomic mass is 32.2. The molecule has 0 spiro atoms. The molecule has 0 N–H and O–H groups in total. The molecule has 0 radical (unpaired) electrons. The molecule has 2 unspecified atom stereocenters. The molecule has 0 aromatic rings. The second-order valence-corrected chi connectivity index (χ2v) is 6.69. The van der Waals surface area contributed by atoms with Crippen molar-refractivity contribution in [1.29, 1.82) is 0 Å². The highest BCUT2D eigenvalue weighted by molar-refractivity contribution is 7.96. The van der Waals surface area contributed by atoms with Crippen molar-refractivity contribution < 1.29 is 31.1 Å². The van der Waals surface area contributed by atoms with Gasteiger partial charge >= 0.3 is 11.6 Å². The fourth-order valence-corrected chi connectivity index (χ4v) is 3.67. The Morgan fingerprint density at radius 3 is 2.60 bits per heavy atom. The van der Waals surface area contributed by atoms with Crippen LogP contribution in [0.3, 0.4) is 0 Å². The molecule has 2 atom stereocenters. The molecule has 9 heteroatoms. The Morgan fingerprint density at radius 1 is 1.45 bits per heavy atom. The van der Waals surface area contributed by atoms with Crippen molar-refractivity contribution >= 4 is 15.9 Å². The van der Waals surface area contributed by atoms with Crippen LogP contribution in [0.15, 0.2) is 11.0 Å². The van der Waals surface area contributed by atoms with Crippen LogP contribution in [0, 0.1) is 0 Å². The molecule has 5 nitrogen and oxygen atoms in total. The summed E-state index contributed by atoms with van der Waals surface area (Å²) in [6.45, 7) is 1.78. The van der Waals surface area contributed by atoms with E-state index < -0.39 is 38.4 Å². The van der Waals surface area contributed by atoms with Crippen LogP contribution in [0.2, 0.25) is 0 Å². The molecule has 1 amide bonds. The van der Waals surface area contributed by atoms with Gasteiger partial charge in [-0.3, -0.25) is 4.90 Å². The van der Waals surface area contributed by atoms with E-state index in [1.807, 2.05) is 0 Å². The minimum atomic E-state index is -5.30. The lowest BCUT2D eigenvalue weighted by molar-refractivity contribution is -0.0428. The summed E-state index contributed by atoms with van der Waals surface area (Å²) in [5.74, 6) is 0. The fourth-order valence-electron chi connectivity index (χ4n) is 2.62. The van der Waals surface area contributed by atoms with Gasteiger partial charge in [0.2, 0.25) is 0 Å². The number of hydrogen-bond donors (Lipinski definition) is 0. The van der Waals surface area contributed by atoms with Crippen LogP contribution < -0.4 is 0 Å². The summed E-state index contributed by atoms with van der Waals surface area (Å²) in [4.78, 5) is 12.4. The predicted molar refractivity (Wildman–Crippen MR) is 63.3 cm³/mol. The van der Waals surface area contributed by atoms with Gasteiger partial charge in [-0.15, -0.1) is 0 Å². The van der Waals surface area contributed by atoms with Crippen LogP contribution in [0.4, 0.5) is 18.0 Å². The van der Waals surface area contributed by atoms with Crippen LogP contribution in [-0.2, 0) is 14.6 Å². The standard InChI is InChI=1S/C11H14F3NO4S/c1-2-19-10(16)15-7-3-4-8(15)6-9(5-7)20(17,18)11(12,13)14/h5,7-8H,2-4,6H2,1H3. The van der Waals surface area contributed by atoms with Crippen LogP contribution in [-0.4, -0.2) is 43.6 Å². The van der Waals surface area contributed by atoms with E-state index in [4.69, 9.17) is 4.74 Å². The third-order valence-corrected chi connectivity index (χ3v) is 5.09. The normalized spacial score (nSPS) is 26.4. The summed E-state index contributed by atoms with van der Waals surface area (Å²) in [7, 11) is -5.30. The van der Waals surface area contributed by atoms with Crippen LogP contribution >= 0.6 is 0 Å². The monoisotopic (exact) mass is 313 g/mol. The zero-order valence-electron chi connectivity index (χ0n) is 10.7. The molecule has 2 heterocycles. The minimum Gasteiger partial charge on any atom is -0.450 e. The van der Waals surface area contributed by atoms with Crippen molar-refractivity contribution in [3.63, 3.8) is 0 Å². The topological polar surface area (TPSA) is 63.7 Å². The number of halogens is 3. The van der Waals surface area contributed by atoms with Gasteiger partial charge in [0.15, 0.2) is 0 Å². The third-order valence-electron chi connectivity index (χ3n) is 3.49. The summed E-state index contributed by atoms with van der Waals surface area (Å²) in [5.41, 5.74) is -5.30. The van der Waals surface area contributed by atoms with E-state index in [1.165, 1.54) is 4.90 Å². The van der Waals surface area contributed by atoms with Gasteiger partial charge in [0.1, 0.15) is 0 Å². The van der Waals surface area contributed by atoms with Crippen LogP contribution in [0.1, 0.15) is 26.2 Å². The maximum Gasteiger partial charge on any atom is 0.501 e. The Morgan fingerprint density at radius 2 is 2.10 bits per heavy atom. The molecule has 114 valence electrons. The number of rotatable bonds is 2. The number of alkyl halides is 3. The summed E-state index contributed by atoms with van der Waals surface area (Å²) in [5, 5.41) is 0. The Kier molecular flexibility index (Phi) is 3.74. The van der Waals surface area contributed by atoms with Crippen molar-refractivity contribution in [3.8, 4) is 0 Å². The van der Waals surface area contributed by atoms with Gasteiger partial charge in [0.05, 0.1) is 17.6 Å². The zero-order chi connectivity index (χ0) is 15.1. The number of amides is 1. The van der Waals surface area contributed by atoms with Crippen molar-refractivity contribution in [2.75, 3.05) is 6.61 Å². The van der Waals surface area contributed by atoms with Gasteiger partial charge in [-0.25, -0.2) is 13.2 Å². The van der Waals surface area contributed by atoms with E-state index in [1.54, 1.807) is 6.92 Å². The average molecular weight is 313 g/mol. The summed E-state index contributed by atoms with van der Waals surface area (Å²) in [6.07, 6.45) is 1.03. The van der Waals surface area contributed by atoms with Gasteiger partial charge in [0.25, 0.3) is 9.84 Å². The molecule has 2 aliphatic rings. The lowest BCUT2D eigenvalue weighted by atomic mass is 10.1. The highest BCUT2D eigenvalue weighted by Gasteiger charge is 2.52. The van der Waals surface area contributed by atoms with Gasteiger partial charge in [0, 0.05) is 12.5 Å². The lowest BCUT2D eigenvalue weighted by Crippen LogP contribution is -2.45. The van der Waals surface area contributed by atoms with Crippen molar-refractivity contribution in [2.24, 2.45) is 0 Å². The molecule has 0 aliphatic carbocycles. The lowest BCUT2D eigenvalue weighted by Gasteiger charge is -2.32. The van der Waals surface area contributed by atoms with Crippen LogP contribution in [0.25, 0.3) is 0 Å². The number of hydrogen-bond acceptors (Lipinski definition) is 4. The number of nitrogens with zero attached hydrogens (tertiary/aromatic N) is 1. The SMILES string of the molecule is CCOC(=O)N1C2C=C(S(=O)(=O)C(F)(F)F)CC1CC2. The number of carbonyl (C=O) groups excluding carboxylic acids is 1. The second-order valence-electron chi connectivity index (χ2n) is 4.69. The molecule has 0 aromatic heterocycles. The Hall–Kier alpha value is -1.25. The summed E-state index contributed by atoms with van der Waals surface area (Å²) in [6, 6.07) is -1.18. The number of carbonyl (C=O) groups is 1. The van der Waals surface area contributed by atoms with E-state index in [0.29, 0.717) is 12.8 Å². The molecule has 0 saturated carbocycles. The van der Waals surface area contributed by atoms with E-state index >= 15 is 0 Å². The highest BCUT2D eigenvalue weighted by Crippen LogP contribution is 2.41. The van der Waals surface area contributed by atoms with Gasteiger partial charge in [-0.1, -0.05) is 0 Å². The maximum absolute atomic E-state index is 12.5. The molecule has 0 aromatic carbocycles. The first kappa shape index (κ1) is 15.1. The van der Waals surface area contributed by atoms with Crippen molar-refractivity contribution in [1.82, 2.24) is 4.90 Å². The smallest absolute Gasteiger partial charge is 0.450 e. The second kappa shape index (κ2) is 4.94. The zero-order valence-corrected chi connectivity index (χ0v) is 11.5. The maximum atomic E-state index is 12.5. The molecular weight excluding hydrogens is 299 g/mol. The molecule has 2 aliphatic heterocycles. The van der Waals surface area contributed by atoms with Crippen LogP contribution in [0.5, 0.6) is 0 Å². The molecule has 1 fully saturated rings. The Bertz CT molecular complexity index is 540. The summed E-state index contributed by atoms with van der Waals surface area (Å²) >= 11 is 0. The van der Waals surface area contributed by atoms with E-state index in [9.17, 15) is 26.4 Å². The molecule has 2 rings (SSSR count). The summed E-state index contributed by atoms with van der Waals surface area (Å²) < 4.78 is 65.2. The van der Waals surface area contributed by atoms with E-state index in [-0.39, 0.29) is 13.0 Å². The van der Waals surface area contributed by atoms with Crippen molar-refractivity contribution in [3.05, 3.63) is 11.0 Å². The van der Waals surface area contributed by atoms with E-state index in [2.05, 4.69) is 0 Å². The van der Waals surface area contributed by atoms with E-state index in [0.717, 1.165) is 6.08 Å². The first-order valence-electron chi connectivity index (χ1n) is 6.15. The van der Waals surface area contributed by atoms with Gasteiger partial charge in [-0.2, -0.15) is 13.2 Å². The third kappa shape index (κ3) is 2.38. The van der Waals surface area contributed by atoms with Gasteiger partial charge in [-0.05, 0) is 25.8 Å². The number of sulfone groups is 1. The fraction of sp³-hybridized carbons (Fsp3) is 0.727. The molecule has 20 heavy (non-hydrogen) atoms. The molecular formula is C11H14F3NO4S. The average Bonchev–Trinajstić information content (AvgIpc) is 2.58. The van der Waals surface area contributed by atoms with Gasteiger partial charge < -0.3 is 4.74 Å². The first-order valence-corrected chi connectivity index (χ1v) is 7.64. The van der Waals surface area contributed by atoms with Crippen molar-refractivity contribution in [2.45, 2.75) is 43.8 Å². The molecule has 1 saturated heterocycles. The minimum absolute atomic E-state index is 0.159. The number of ether oxygens (including phenoxy) is 1. The Labute approximate surface area is 114 Å². The first-order chi connectivity index (χ1) is 9.18. The quantitative estimate of drug-likeness (QED) is 0.784. The largest absolute Gasteiger partial charge is 0.501 e. The predicted octanol–water partition coefficient (Wildman–Crippen LogP) is 2.20. The number of fused-ring (bicyclic) bond motifs is 2. The Balaban J connectivity index is 2.28.